The first-order valence-corrected chi connectivity index (χ1v) is 5.82. The highest BCUT2D eigenvalue weighted by atomic mass is 15.4. The maximum Gasteiger partial charge on any atom is 0.110 e. The van der Waals surface area contributed by atoms with Gasteiger partial charge in [-0.1, -0.05) is 12.1 Å². The molecule has 0 bridgehead atoms. The van der Waals surface area contributed by atoms with Gasteiger partial charge in [0.25, 0.3) is 0 Å². The Balaban J connectivity index is 1.96. The average molecular weight is 234 g/mol. The Labute approximate surface area is 100 Å². The molecule has 1 unspecified atom stereocenters. The fraction of sp³-hybridized carbons (Fsp3) is 0.545. The lowest BCUT2D eigenvalue weighted by Gasteiger charge is -2.02. The van der Waals surface area contributed by atoms with Crippen molar-refractivity contribution in [2.45, 2.75) is 32.4 Å². The third-order valence-corrected chi connectivity index (χ3v) is 2.86. The number of imidazole rings is 1. The third kappa shape index (κ3) is 2.71. The molecule has 0 fully saturated rings. The molecule has 0 aliphatic carbocycles. The second kappa shape index (κ2) is 5.09. The van der Waals surface area contributed by atoms with Gasteiger partial charge in [-0.15, -0.1) is 5.10 Å². The summed E-state index contributed by atoms with van der Waals surface area (Å²) in [7, 11) is 1.99. The minimum atomic E-state index is -0.0167. The van der Waals surface area contributed by atoms with E-state index in [-0.39, 0.29) is 6.04 Å². The van der Waals surface area contributed by atoms with Crippen molar-refractivity contribution in [1.29, 1.82) is 0 Å². The van der Waals surface area contributed by atoms with Crippen LogP contribution >= 0.6 is 0 Å². The third-order valence-electron chi connectivity index (χ3n) is 2.86. The number of nitrogens with zero attached hydrogens (tertiary/aromatic N) is 5. The molecule has 0 spiro atoms. The minimum absolute atomic E-state index is 0.0167. The zero-order valence-electron chi connectivity index (χ0n) is 10.2. The van der Waals surface area contributed by atoms with E-state index < -0.39 is 0 Å². The summed E-state index contributed by atoms with van der Waals surface area (Å²) in [6.45, 7) is 2.81. The van der Waals surface area contributed by atoms with Crippen LogP contribution in [0.15, 0.2) is 18.6 Å². The van der Waals surface area contributed by atoms with Crippen LogP contribution < -0.4 is 5.73 Å². The van der Waals surface area contributed by atoms with Crippen LogP contribution in [0.1, 0.15) is 30.9 Å². The quantitative estimate of drug-likeness (QED) is 0.825. The maximum absolute atomic E-state index is 5.89. The lowest BCUT2D eigenvalue weighted by molar-refractivity contribution is 0.569. The van der Waals surface area contributed by atoms with Gasteiger partial charge in [0.05, 0.1) is 17.9 Å². The Morgan fingerprint density at radius 3 is 2.94 bits per heavy atom. The van der Waals surface area contributed by atoms with Crippen molar-refractivity contribution in [2.24, 2.45) is 12.8 Å². The molecular weight excluding hydrogens is 216 g/mol. The van der Waals surface area contributed by atoms with Crippen molar-refractivity contribution in [3.8, 4) is 0 Å². The van der Waals surface area contributed by atoms with Gasteiger partial charge in [-0.25, -0.2) is 4.98 Å². The summed E-state index contributed by atoms with van der Waals surface area (Å²) in [6, 6.07) is -0.0167. The molecular formula is C11H18N6. The molecule has 2 heterocycles. The highest BCUT2D eigenvalue weighted by Gasteiger charge is 2.08. The zero-order valence-corrected chi connectivity index (χ0v) is 10.2. The highest BCUT2D eigenvalue weighted by molar-refractivity contribution is 4.99. The van der Waals surface area contributed by atoms with Gasteiger partial charge in [0.1, 0.15) is 5.82 Å². The summed E-state index contributed by atoms with van der Waals surface area (Å²) in [5.41, 5.74) is 6.74. The van der Waals surface area contributed by atoms with Gasteiger partial charge in [-0.3, -0.25) is 4.68 Å². The molecule has 1 atom stereocenters. The first-order valence-electron chi connectivity index (χ1n) is 5.82. The molecule has 2 rings (SSSR count). The van der Waals surface area contributed by atoms with E-state index in [4.69, 9.17) is 5.73 Å². The molecule has 0 aliphatic rings. The van der Waals surface area contributed by atoms with E-state index in [1.807, 2.05) is 35.6 Å². The van der Waals surface area contributed by atoms with Crippen LogP contribution in [0, 0.1) is 0 Å². The molecule has 0 aromatic carbocycles. The lowest BCUT2D eigenvalue weighted by Crippen LogP contribution is -2.09. The van der Waals surface area contributed by atoms with E-state index in [0.717, 1.165) is 30.9 Å². The van der Waals surface area contributed by atoms with Crippen molar-refractivity contribution in [3.63, 3.8) is 0 Å². The monoisotopic (exact) mass is 234 g/mol. The summed E-state index contributed by atoms with van der Waals surface area (Å²) >= 11 is 0. The van der Waals surface area contributed by atoms with Crippen LogP contribution in [-0.4, -0.2) is 24.5 Å². The molecule has 6 nitrogen and oxygen atoms in total. The second-order valence-electron chi connectivity index (χ2n) is 4.13. The topological polar surface area (TPSA) is 74.6 Å². The van der Waals surface area contributed by atoms with Crippen LogP contribution in [0.25, 0.3) is 0 Å². The van der Waals surface area contributed by atoms with Crippen molar-refractivity contribution >= 4 is 0 Å². The molecule has 2 aromatic rings. The van der Waals surface area contributed by atoms with Gasteiger partial charge in [0, 0.05) is 32.4 Å². The predicted molar refractivity (Wildman–Crippen MR) is 64.2 cm³/mol. The maximum atomic E-state index is 5.89. The fourth-order valence-electron chi connectivity index (χ4n) is 1.65. The van der Waals surface area contributed by atoms with E-state index in [2.05, 4.69) is 15.3 Å². The van der Waals surface area contributed by atoms with Gasteiger partial charge in [-0.05, 0) is 6.42 Å². The van der Waals surface area contributed by atoms with E-state index >= 15 is 0 Å². The Bertz CT molecular complexity index is 472. The molecule has 0 saturated carbocycles. The molecule has 6 heteroatoms. The van der Waals surface area contributed by atoms with Crippen LogP contribution in [0.4, 0.5) is 0 Å². The van der Waals surface area contributed by atoms with Gasteiger partial charge >= 0.3 is 0 Å². The minimum Gasteiger partial charge on any atom is -0.338 e. The van der Waals surface area contributed by atoms with Gasteiger partial charge in [0.2, 0.25) is 0 Å². The molecule has 17 heavy (non-hydrogen) atoms. The van der Waals surface area contributed by atoms with E-state index in [0.29, 0.717) is 0 Å². The number of aromatic nitrogens is 5. The molecule has 0 saturated heterocycles. The summed E-state index contributed by atoms with van der Waals surface area (Å²) < 4.78 is 3.83. The molecule has 2 N–H and O–H groups in total. The van der Waals surface area contributed by atoms with E-state index in [9.17, 15) is 0 Å². The van der Waals surface area contributed by atoms with Crippen LogP contribution in [0.2, 0.25) is 0 Å². The summed E-state index contributed by atoms with van der Waals surface area (Å²) in [4.78, 5) is 4.27. The summed E-state index contributed by atoms with van der Waals surface area (Å²) in [6.07, 6.45) is 7.37. The average Bonchev–Trinajstić information content (AvgIpc) is 2.94. The number of hydrogen-bond acceptors (Lipinski definition) is 4. The second-order valence-corrected chi connectivity index (χ2v) is 4.13. The van der Waals surface area contributed by atoms with Crippen LogP contribution in [0.3, 0.4) is 0 Å². The number of rotatable bonds is 5. The Morgan fingerprint density at radius 1 is 1.47 bits per heavy atom. The smallest absolute Gasteiger partial charge is 0.110 e. The van der Waals surface area contributed by atoms with Crippen LogP contribution in [-0.2, 0) is 20.0 Å². The first kappa shape index (κ1) is 11.8. The number of aryl methyl sites for hydroxylation is 3. The number of nitrogens with two attached hydrogens (primary N) is 1. The van der Waals surface area contributed by atoms with Gasteiger partial charge in [0.15, 0.2) is 0 Å². The fourth-order valence-corrected chi connectivity index (χ4v) is 1.65. The van der Waals surface area contributed by atoms with Crippen molar-refractivity contribution in [2.75, 3.05) is 0 Å². The molecule has 0 amide bonds. The Kier molecular flexibility index (Phi) is 3.53. The van der Waals surface area contributed by atoms with Crippen molar-refractivity contribution in [1.82, 2.24) is 24.5 Å². The summed E-state index contributed by atoms with van der Waals surface area (Å²) in [5, 5.41) is 8.13. The van der Waals surface area contributed by atoms with Crippen LogP contribution in [0.5, 0.6) is 0 Å². The lowest BCUT2D eigenvalue weighted by atomic mass is 10.2. The SMILES string of the molecule is CCC(N)c1cn(CCc2nccn2C)nn1. The molecule has 92 valence electrons. The first-order chi connectivity index (χ1) is 8.20. The van der Waals surface area contributed by atoms with E-state index in [1.165, 1.54) is 0 Å². The Morgan fingerprint density at radius 2 is 2.29 bits per heavy atom. The van der Waals surface area contributed by atoms with Crippen molar-refractivity contribution in [3.05, 3.63) is 30.1 Å². The largest absolute Gasteiger partial charge is 0.338 e. The molecule has 2 aromatic heterocycles. The molecule has 0 aliphatic heterocycles. The van der Waals surface area contributed by atoms with E-state index in [1.54, 1.807) is 6.20 Å². The Hall–Kier alpha value is -1.69. The number of hydrogen-bond donors (Lipinski definition) is 1. The summed E-state index contributed by atoms with van der Waals surface area (Å²) in [5.74, 6) is 1.04. The zero-order chi connectivity index (χ0) is 12.3. The standard InChI is InChI=1S/C11H18N6/c1-3-9(12)10-8-17(15-14-10)6-4-11-13-5-7-16(11)2/h5,7-9H,3-4,6,12H2,1-2H3. The van der Waals surface area contributed by atoms with Gasteiger partial charge in [-0.2, -0.15) is 0 Å². The highest BCUT2D eigenvalue weighted by Crippen LogP contribution is 2.09. The molecule has 0 radical (unpaired) electrons. The van der Waals surface area contributed by atoms with Gasteiger partial charge < -0.3 is 10.3 Å². The normalized spacial score (nSPS) is 12.9. The van der Waals surface area contributed by atoms with Crippen molar-refractivity contribution < 1.29 is 0 Å². The predicted octanol–water partition coefficient (Wildman–Crippen LogP) is 0.664.